The maximum absolute atomic E-state index is 11.9. The highest BCUT2D eigenvalue weighted by Gasteiger charge is 2.18. The number of nitrogens with zero attached hydrogens (tertiary/aromatic N) is 3. The smallest absolute Gasteiger partial charge is 0.0865 e. The molecule has 2 heterocycles. The number of aromatic nitrogens is 2. The minimum absolute atomic E-state index is 0.124. The minimum atomic E-state index is -1.07. The van der Waals surface area contributed by atoms with Crippen molar-refractivity contribution >= 4 is 27.5 Å². The molecule has 0 aliphatic carbocycles. The number of hydrogen-bond donors (Lipinski definition) is 3. The molecule has 176 valence electrons. The fourth-order valence-electron chi connectivity index (χ4n) is 4.28. The molecule has 0 saturated heterocycles. The van der Waals surface area contributed by atoms with E-state index in [2.05, 4.69) is 9.97 Å². The van der Waals surface area contributed by atoms with Crippen molar-refractivity contribution in [2.24, 2.45) is 0 Å². The Bertz CT molecular complexity index is 1490. The third-order valence-electron chi connectivity index (χ3n) is 6.12. The van der Waals surface area contributed by atoms with E-state index in [1.807, 2.05) is 72.8 Å². The van der Waals surface area contributed by atoms with Gasteiger partial charge in [0.1, 0.15) is 0 Å². The SMILES string of the molecule is [O-]N(O)c1cc([C@@H](O)Cc2ccc3ccccc3n2)ccc1[C@H](O)Cc1ccc2ccccc2n1. The van der Waals surface area contributed by atoms with Crippen LogP contribution in [0.25, 0.3) is 21.8 Å². The third kappa shape index (κ3) is 4.99. The number of anilines is 1. The fourth-order valence-corrected chi connectivity index (χ4v) is 4.28. The van der Waals surface area contributed by atoms with Crippen LogP contribution in [0.3, 0.4) is 0 Å². The molecular formula is C28H24N3O4-. The van der Waals surface area contributed by atoms with Gasteiger partial charge in [0.2, 0.25) is 0 Å². The van der Waals surface area contributed by atoms with Crippen molar-refractivity contribution < 1.29 is 15.4 Å². The molecule has 0 fully saturated rings. The predicted octanol–water partition coefficient (Wildman–Crippen LogP) is 5.03. The maximum Gasteiger partial charge on any atom is 0.0865 e. The van der Waals surface area contributed by atoms with E-state index >= 15 is 0 Å². The van der Waals surface area contributed by atoms with Crippen molar-refractivity contribution in [2.75, 3.05) is 5.23 Å². The van der Waals surface area contributed by atoms with Gasteiger partial charge in [0.05, 0.1) is 28.9 Å². The second-order valence-electron chi connectivity index (χ2n) is 8.52. The van der Waals surface area contributed by atoms with Gasteiger partial charge in [0, 0.05) is 40.6 Å². The first-order valence-electron chi connectivity index (χ1n) is 11.3. The van der Waals surface area contributed by atoms with E-state index in [0.29, 0.717) is 17.0 Å². The van der Waals surface area contributed by atoms with Crippen LogP contribution in [0.15, 0.2) is 91.0 Å². The standard InChI is InChI=1S/C28H24N3O4/c32-27(16-21-12-9-18-5-1-3-7-24(18)29-21)20-11-14-23(26(15-20)31(34)35)28(33)17-22-13-10-19-6-2-4-8-25(19)30-22/h1-15,27-28,32-34H,16-17H2/q-1/t27-,28+/m0/s1. The van der Waals surface area contributed by atoms with Crippen LogP contribution in [-0.4, -0.2) is 25.4 Å². The average Bonchev–Trinajstić information content (AvgIpc) is 2.88. The van der Waals surface area contributed by atoms with Crippen LogP contribution in [0, 0.1) is 5.21 Å². The van der Waals surface area contributed by atoms with Gasteiger partial charge in [-0.2, -0.15) is 0 Å². The van der Waals surface area contributed by atoms with Crippen LogP contribution in [0.4, 0.5) is 5.69 Å². The number of fused-ring (bicyclic) bond motifs is 2. The van der Waals surface area contributed by atoms with E-state index in [-0.39, 0.29) is 29.3 Å². The summed E-state index contributed by atoms with van der Waals surface area (Å²) in [5.74, 6) is 0. The molecular weight excluding hydrogens is 442 g/mol. The summed E-state index contributed by atoms with van der Waals surface area (Å²) in [5, 5.41) is 45.0. The molecule has 3 aromatic carbocycles. The number of aliphatic hydroxyl groups is 2. The van der Waals surface area contributed by atoms with Crippen LogP contribution in [-0.2, 0) is 12.8 Å². The van der Waals surface area contributed by atoms with Crippen molar-refractivity contribution in [3.8, 4) is 0 Å². The Balaban J connectivity index is 1.37. The molecule has 3 N–H and O–H groups in total. The molecule has 7 nitrogen and oxygen atoms in total. The molecule has 0 radical (unpaired) electrons. The Morgan fingerprint density at radius 1 is 0.686 bits per heavy atom. The molecule has 35 heavy (non-hydrogen) atoms. The molecule has 0 aliphatic heterocycles. The van der Waals surface area contributed by atoms with E-state index in [0.717, 1.165) is 21.8 Å². The van der Waals surface area contributed by atoms with Crippen LogP contribution in [0.1, 0.15) is 34.7 Å². The predicted molar refractivity (Wildman–Crippen MR) is 135 cm³/mol. The van der Waals surface area contributed by atoms with Gasteiger partial charge >= 0.3 is 0 Å². The molecule has 0 saturated carbocycles. The molecule has 7 heteroatoms. The summed E-state index contributed by atoms with van der Waals surface area (Å²) in [4.78, 5) is 9.15. The lowest BCUT2D eigenvalue weighted by molar-refractivity contribution is 0.172. The lowest BCUT2D eigenvalue weighted by Gasteiger charge is -2.28. The second-order valence-corrected chi connectivity index (χ2v) is 8.52. The zero-order valence-corrected chi connectivity index (χ0v) is 18.8. The quantitative estimate of drug-likeness (QED) is 0.288. The van der Waals surface area contributed by atoms with Gasteiger partial charge in [-0.3, -0.25) is 15.2 Å². The zero-order valence-electron chi connectivity index (χ0n) is 18.8. The fraction of sp³-hybridized carbons (Fsp3) is 0.143. The molecule has 0 spiro atoms. The van der Waals surface area contributed by atoms with E-state index in [4.69, 9.17) is 0 Å². The summed E-state index contributed by atoms with van der Waals surface area (Å²) in [5.41, 5.74) is 3.56. The van der Waals surface area contributed by atoms with E-state index in [1.54, 1.807) is 12.1 Å². The van der Waals surface area contributed by atoms with Crippen LogP contribution in [0.2, 0.25) is 0 Å². The van der Waals surface area contributed by atoms with Gasteiger partial charge in [0.15, 0.2) is 0 Å². The highest BCUT2D eigenvalue weighted by Crippen LogP contribution is 2.32. The average molecular weight is 467 g/mol. The summed E-state index contributed by atoms with van der Waals surface area (Å²) >= 11 is 0. The van der Waals surface area contributed by atoms with Gasteiger partial charge < -0.3 is 20.6 Å². The van der Waals surface area contributed by atoms with E-state index in [1.165, 1.54) is 6.07 Å². The largest absolute Gasteiger partial charge is 0.733 e. The molecule has 0 aliphatic rings. The first kappa shape index (κ1) is 22.9. The Morgan fingerprint density at radius 3 is 1.80 bits per heavy atom. The lowest BCUT2D eigenvalue weighted by Crippen LogP contribution is -2.15. The first-order valence-corrected chi connectivity index (χ1v) is 11.3. The van der Waals surface area contributed by atoms with Gasteiger partial charge in [0.25, 0.3) is 0 Å². The monoisotopic (exact) mass is 466 g/mol. The molecule has 0 amide bonds. The molecule has 0 unspecified atom stereocenters. The van der Waals surface area contributed by atoms with Crippen molar-refractivity contribution in [1.29, 1.82) is 0 Å². The maximum atomic E-state index is 11.9. The summed E-state index contributed by atoms with van der Waals surface area (Å²) in [6.07, 6.45) is -1.63. The van der Waals surface area contributed by atoms with Crippen molar-refractivity contribution in [1.82, 2.24) is 9.97 Å². The highest BCUT2D eigenvalue weighted by atomic mass is 16.8. The number of hydrogen-bond acceptors (Lipinski definition) is 7. The molecule has 5 aromatic rings. The topological polar surface area (TPSA) is 113 Å². The van der Waals surface area contributed by atoms with E-state index < -0.39 is 12.2 Å². The van der Waals surface area contributed by atoms with E-state index in [9.17, 15) is 20.6 Å². The number of rotatable bonds is 7. The van der Waals surface area contributed by atoms with Crippen LogP contribution < -0.4 is 5.23 Å². The summed E-state index contributed by atoms with van der Waals surface area (Å²) in [7, 11) is 0. The van der Waals surface area contributed by atoms with Crippen LogP contribution >= 0.6 is 0 Å². The molecule has 2 aromatic heterocycles. The third-order valence-corrected chi connectivity index (χ3v) is 6.12. The number of para-hydroxylation sites is 2. The van der Waals surface area contributed by atoms with Crippen LogP contribution in [0.5, 0.6) is 0 Å². The highest BCUT2D eigenvalue weighted by molar-refractivity contribution is 5.79. The van der Waals surface area contributed by atoms with Crippen molar-refractivity contribution in [3.63, 3.8) is 0 Å². The number of aliphatic hydroxyl groups excluding tert-OH is 2. The zero-order chi connectivity index (χ0) is 24.4. The Labute approximate surface area is 202 Å². The minimum Gasteiger partial charge on any atom is -0.733 e. The normalized spacial score (nSPS) is 13.1. The van der Waals surface area contributed by atoms with Crippen molar-refractivity contribution in [2.45, 2.75) is 25.0 Å². The summed E-state index contributed by atoms with van der Waals surface area (Å²) < 4.78 is 0. The second kappa shape index (κ2) is 9.77. The lowest BCUT2D eigenvalue weighted by atomic mass is 9.97. The van der Waals surface area contributed by atoms with Gasteiger partial charge in [-0.25, -0.2) is 0 Å². The molecule has 2 atom stereocenters. The Morgan fingerprint density at radius 2 is 1.23 bits per heavy atom. The summed E-state index contributed by atoms with van der Waals surface area (Å²) in [6.45, 7) is 0. The number of benzene rings is 3. The first-order chi connectivity index (χ1) is 17.0. The summed E-state index contributed by atoms with van der Waals surface area (Å²) in [6, 6.07) is 27.5. The van der Waals surface area contributed by atoms with Gasteiger partial charge in [-0.15, -0.1) is 0 Å². The molecule has 0 bridgehead atoms. The Kier molecular flexibility index (Phi) is 6.39. The molecule has 5 rings (SSSR count). The van der Waals surface area contributed by atoms with Crippen molar-refractivity contribution in [3.05, 3.63) is 119 Å². The number of pyridine rings is 2. The Hall–Kier alpha value is -3.88. The van der Waals surface area contributed by atoms with Gasteiger partial charge in [-0.1, -0.05) is 60.7 Å². The van der Waals surface area contributed by atoms with Gasteiger partial charge in [-0.05, 0) is 35.9 Å².